The molecule has 0 bridgehead atoms. The topological polar surface area (TPSA) is 71.8 Å². The first-order chi connectivity index (χ1) is 8.70. The van der Waals surface area contributed by atoms with Crippen molar-refractivity contribution in [2.24, 2.45) is 10.9 Å². The van der Waals surface area contributed by atoms with Crippen molar-refractivity contribution in [3.8, 4) is 0 Å². The molecule has 4 nitrogen and oxygen atoms in total. The lowest BCUT2D eigenvalue weighted by Gasteiger charge is -2.03. The predicted octanol–water partition coefficient (Wildman–Crippen LogP) is 2.97. The van der Waals surface area contributed by atoms with Gasteiger partial charge in [0, 0.05) is 16.2 Å². The standard InChI is InChI=1S/C13H14N2O2S/c1-9-12(5-6-17-9)18-8-10-3-2-4-11(7-10)13(14)15-16/h2-7,16H,8H2,1H3,(H2,14,15). The summed E-state index contributed by atoms with van der Waals surface area (Å²) in [6.07, 6.45) is 1.69. The lowest BCUT2D eigenvalue weighted by Crippen LogP contribution is -2.13. The van der Waals surface area contributed by atoms with Crippen LogP contribution in [-0.2, 0) is 5.75 Å². The molecule has 0 aliphatic heterocycles. The lowest BCUT2D eigenvalue weighted by molar-refractivity contribution is 0.318. The Morgan fingerprint density at radius 3 is 2.94 bits per heavy atom. The molecule has 0 spiro atoms. The third-order valence-electron chi connectivity index (χ3n) is 2.54. The van der Waals surface area contributed by atoms with E-state index in [0.29, 0.717) is 0 Å². The van der Waals surface area contributed by atoms with Gasteiger partial charge in [-0.15, -0.1) is 11.8 Å². The van der Waals surface area contributed by atoms with Crippen molar-refractivity contribution in [1.29, 1.82) is 0 Å². The molecule has 0 fully saturated rings. The Kier molecular flexibility index (Phi) is 3.94. The Labute approximate surface area is 109 Å². The number of nitrogens with two attached hydrogens (primary N) is 1. The van der Waals surface area contributed by atoms with Crippen molar-refractivity contribution in [2.75, 3.05) is 0 Å². The van der Waals surface area contributed by atoms with E-state index >= 15 is 0 Å². The number of rotatable bonds is 4. The molecular formula is C13H14N2O2S. The Bertz CT molecular complexity index is 564. The lowest BCUT2D eigenvalue weighted by atomic mass is 10.1. The molecule has 94 valence electrons. The summed E-state index contributed by atoms with van der Waals surface area (Å²) in [5, 5.41) is 11.6. The van der Waals surface area contributed by atoms with Crippen LogP contribution in [-0.4, -0.2) is 11.0 Å². The molecule has 0 atom stereocenters. The van der Waals surface area contributed by atoms with Gasteiger partial charge in [0.05, 0.1) is 6.26 Å². The highest BCUT2D eigenvalue weighted by atomic mass is 32.2. The number of amidine groups is 1. The van der Waals surface area contributed by atoms with E-state index in [4.69, 9.17) is 15.4 Å². The number of hydrogen-bond acceptors (Lipinski definition) is 4. The molecule has 0 aliphatic rings. The highest BCUT2D eigenvalue weighted by Gasteiger charge is 2.04. The van der Waals surface area contributed by atoms with Crippen LogP contribution in [0, 0.1) is 6.92 Å². The van der Waals surface area contributed by atoms with Crippen molar-refractivity contribution in [3.05, 3.63) is 53.5 Å². The van der Waals surface area contributed by atoms with Crippen molar-refractivity contribution in [1.82, 2.24) is 0 Å². The van der Waals surface area contributed by atoms with Crippen LogP contribution in [0.5, 0.6) is 0 Å². The van der Waals surface area contributed by atoms with Crippen LogP contribution in [0.4, 0.5) is 0 Å². The average Bonchev–Trinajstić information content (AvgIpc) is 2.81. The van der Waals surface area contributed by atoms with Crippen LogP contribution in [0.1, 0.15) is 16.9 Å². The minimum absolute atomic E-state index is 0.126. The van der Waals surface area contributed by atoms with Crippen molar-refractivity contribution in [2.45, 2.75) is 17.6 Å². The number of furan rings is 1. The number of benzene rings is 1. The summed E-state index contributed by atoms with van der Waals surface area (Å²) in [5.41, 5.74) is 7.39. The van der Waals surface area contributed by atoms with E-state index in [9.17, 15) is 0 Å². The summed E-state index contributed by atoms with van der Waals surface area (Å²) in [5.74, 6) is 1.86. The first kappa shape index (κ1) is 12.6. The summed E-state index contributed by atoms with van der Waals surface area (Å²) < 4.78 is 5.24. The van der Waals surface area contributed by atoms with Crippen molar-refractivity contribution >= 4 is 17.6 Å². The van der Waals surface area contributed by atoms with E-state index in [-0.39, 0.29) is 5.84 Å². The molecule has 0 amide bonds. The van der Waals surface area contributed by atoms with Gasteiger partial charge in [0.25, 0.3) is 0 Å². The molecule has 0 saturated heterocycles. The van der Waals surface area contributed by atoms with E-state index in [0.717, 1.165) is 27.5 Å². The van der Waals surface area contributed by atoms with E-state index in [1.54, 1.807) is 18.0 Å². The number of nitrogens with zero attached hydrogens (tertiary/aromatic N) is 1. The predicted molar refractivity (Wildman–Crippen MR) is 72.0 cm³/mol. The van der Waals surface area contributed by atoms with Gasteiger partial charge >= 0.3 is 0 Å². The van der Waals surface area contributed by atoms with E-state index in [1.165, 1.54) is 0 Å². The van der Waals surface area contributed by atoms with Crippen molar-refractivity contribution < 1.29 is 9.62 Å². The summed E-state index contributed by atoms with van der Waals surface area (Å²) in [7, 11) is 0. The van der Waals surface area contributed by atoms with E-state index in [1.807, 2.05) is 37.3 Å². The normalized spacial score (nSPS) is 11.7. The highest BCUT2D eigenvalue weighted by Crippen LogP contribution is 2.26. The first-order valence-electron chi connectivity index (χ1n) is 5.44. The SMILES string of the molecule is Cc1occc1SCc1cccc(/C(N)=N/O)c1. The summed E-state index contributed by atoms with van der Waals surface area (Å²) in [6, 6.07) is 9.58. The maximum Gasteiger partial charge on any atom is 0.170 e. The third kappa shape index (κ3) is 2.87. The van der Waals surface area contributed by atoms with Crippen LogP contribution in [0.2, 0.25) is 0 Å². The minimum Gasteiger partial charge on any atom is -0.468 e. The Hall–Kier alpha value is -1.88. The molecule has 0 aliphatic carbocycles. The second kappa shape index (κ2) is 5.64. The monoisotopic (exact) mass is 262 g/mol. The smallest absolute Gasteiger partial charge is 0.170 e. The van der Waals surface area contributed by atoms with Gasteiger partial charge in [-0.1, -0.05) is 23.4 Å². The van der Waals surface area contributed by atoms with Crippen LogP contribution >= 0.6 is 11.8 Å². The largest absolute Gasteiger partial charge is 0.468 e. The van der Waals surface area contributed by atoms with Gasteiger partial charge in [0.15, 0.2) is 5.84 Å². The summed E-state index contributed by atoms with van der Waals surface area (Å²) in [4.78, 5) is 1.13. The fourth-order valence-electron chi connectivity index (χ4n) is 1.56. The molecule has 3 N–H and O–H groups in total. The fraction of sp³-hybridized carbons (Fsp3) is 0.154. The molecule has 0 saturated carbocycles. The zero-order chi connectivity index (χ0) is 13.0. The fourth-order valence-corrected chi connectivity index (χ4v) is 2.47. The number of hydrogen-bond donors (Lipinski definition) is 2. The van der Waals surface area contributed by atoms with Crippen LogP contribution in [0.25, 0.3) is 0 Å². The minimum atomic E-state index is 0.126. The molecule has 0 radical (unpaired) electrons. The molecular weight excluding hydrogens is 248 g/mol. The first-order valence-corrected chi connectivity index (χ1v) is 6.43. The second-order valence-electron chi connectivity index (χ2n) is 3.82. The van der Waals surface area contributed by atoms with Crippen LogP contribution in [0.3, 0.4) is 0 Å². The van der Waals surface area contributed by atoms with Gasteiger partial charge in [0.1, 0.15) is 5.76 Å². The molecule has 2 rings (SSSR count). The number of thioether (sulfide) groups is 1. The summed E-state index contributed by atoms with van der Waals surface area (Å²) in [6.45, 7) is 1.94. The zero-order valence-electron chi connectivity index (χ0n) is 9.96. The Morgan fingerprint density at radius 1 is 1.44 bits per heavy atom. The second-order valence-corrected chi connectivity index (χ2v) is 4.83. The Morgan fingerprint density at radius 2 is 2.28 bits per heavy atom. The third-order valence-corrected chi connectivity index (χ3v) is 3.75. The molecule has 1 heterocycles. The molecule has 1 aromatic carbocycles. The van der Waals surface area contributed by atoms with Gasteiger partial charge in [-0.2, -0.15) is 0 Å². The maximum atomic E-state index is 8.64. The molecule has 0 unspecified atom stereocenters. The zero-order valence-corrected chi connectivity index (χ0v) is 10.8. The molecule has 2 aromatic rings. The quantitative estimate of drug-likeness (QED) is 0.292. The maximum absolute atomic E-state index is 8.64. The highest BCUT2D eigenvalue weighted by molar-refractivity contribution is 7.98. The van der Waals surface area contributed by atoms with Gasteiger partial charge in [-0.3, -0.25) is 0 Å². The molecule has 18 heavy (non-hydrogen) atoms. The van der Waals surface area contributed by atoms with Crippen molar-refractivity contribution in [3.63, 3.8) is 0 Å². The number of aryl methyl sites for hydroxylation is 1. The van der Waals surface area contributed by atoms with E-state index < -0.39 is 0 Å². The van der Waals surface area contributed by atoms with E-state index in [2.05, 4.69) is 5.16 Å². The van der Waals surface area contributed by atoms with Gasteiger partial charge in [0.2, 0.25) is 0 Å². The molecule has 5 heteroatoms. The van der Waals surface area contributed by atoms with Crippen LogP contribution < -0.4 is 5.73 Å². The van der Waals surface area contributed by atoms with Gasteiger partial charge in [-0.05, 0) is 24.6 Å². The summed E-state index contributed by atoms with van der Waals surface area (Å²) >= 11 is 1.70. The Balaban J connectivity index is 2.08. The van der Waals surface area contributed by atoms with Gasteiger partial charge in [-0.25, -0.2) is 0 Å². The van der Waals surface area contributed by atoms with Crippen LogP contribution in [0.15, 0.2) is 51.1 Å². The molecule has 1 aromatic heterocycles. The average molecular weight is 262 g/mol. The number of oxime groups is 1. The van der Waals surface area contributed by atoms with Gasteiger partial charge < -0.3 is 15.4 Å².